The lowest BCUT2D eigenvalue weighted by Gasteiger charge is -1.94. The third kappa shape index (κ3) is 2.77. The summed E-state index contributed by atoms with van der Waals surface area (Å²) in [5.41, 5.74) is 0.845. The standard InChI is InChI=1S/C6H7NO3S.ClH/c1-5-2-3-6(7-4-5)11(8,9)10;/h2-4H,1H3,(H,8,9,10);1H. The van der Waals surface area contributed by atoms with Crippen molar-refractivity contribution in [2.24, 2.45) is 0 Å². The summed E-state index contributed by atoms with van der Waals surface area (Å²) in [6.45, 7) is 1.78. The van der Waals surface area contributed by atoms with E-state index in [1.807, 2.05) is 0 Å². The molecule has 68 valence electrons. The number of hydrogen-bond acceptors (Lipinski definition) is 3. The summed E-state index contributed by atoms with van der Waals surface area (Å²) in [4.78, 5) is 3.51. The summed E-state index contributed by atoms with van der Waals surface area (Å²) in [6.07, 6.45) is 1.38. The van der Waals surface area contributed by atoms with Crippen molar-refractivity contribution in [2.45, 2.75) is 11.9 Å². The third-order valence-corrected chi connectivity index (χ3v) is 1.92. The number of aromatic nitrogens is 1. The average molecular weight is 210 g/mol. The Balaban J connectivity index is 0.00000121. The molecule has 6 heteroatoms. The minimum atomic E-state index is -4.13. The zero-order chi connectivity index (χ0) is 8.48. The number of nitrogens with zero attached hydrogens (tertiary/aromatic N) is 1. The van der Waals surface area contributed by atoms with Crippen LogP contribution in [0.5, 0.6) is 0 Å². The molecule has 0 radical (unpaired) electrons. The highest BCUT2D eigenvalue weighted by atomic mass is 35.5. The van der Waals surface area contributed by atoms with E-state index < -0.39 is 10.1 Å². The highest BCUT2D eigenvalue weighted by Gasteiger charge is 2.08. The van der Waals surface area contributed by atoms with Crippen molar-refractivity contribution in [3.63, 3.8) is 0 Å². The quantitative estimate of drug-likeness (QED) is 0.703. The van der Waals surface area contributed by atoms with Crippen molar-refractivity contribution in [3.8, 4) is 0 Å². The molecule has 1 heterocycles. The molecule has 0 spiro atoms. The molecule has 0 amide bonds. The summed E-state index contributed by atoms with van der Waals surface area (Å²) < 4.78 is 29.4. The van der Waals surface area contributed by atoms with Crippen molar-refractivity contribution < 1.29 is 13.0 Å². The molecule has 12 heavy (non-hydrogen) atoms. The van der Waals surface area contributed by atoms with Crippen molar-refractivity contribution in [2.75, 3.05) is 0 Å². The van der Waals surface area contributed by atoms with E-state index in [1.54, 1.807) is 13.0 Å². The molecule has 0 unspecified atom stereocenters. The van der Waals surface area contributed by atoms with Crippen molar-refractivity contribution >= 4 is 22.5 Å². The molecule has 0 aliphatic rings. The maximum absolute atomic E-state index is 10.4. The van der Waals surface area contributed by atoms with E-state index >= 15 is 0 Å². The zero-order valence-electron chi connectivity index (χ0n) is 6.26. The fourth-order valence-corrected chi connectivity index (χ4v) is 1.03. The smallest absolute Gasteiger partial charge is 0.281 e. The van der Waals surface area contributed by atoms with Crippen LogP contribution < -0.4 is 0 Å². The van der Waals surface area contributed by atoms with Crippen LogP contribution in [0.15, 0.2) is 23.4 Å². The molecule has 0 aromatic carbocycles. The number of halogens is 1. The predicted molar refractivity (Wildman–Crippen MR) is 46.0 cm³/mol. The van der Waals surface area contributed by atoms with Crippen LogP contribution in [0.25, 0.3) is 0 Å². The highest BCUT2D eigenvalue weighted by molar-refractivity contribution is 7.85. The summed E-state index contributed by atoms with van der Waals surface area (Å²) >= 11 is 0. The van der Waals surface area contributed by atoms with Gasteiger partial charge in [0.2, 0.25) is 0 Å². The average Bonchev–Trinajstić information content (AvgIpc) is 1.86. The SMILES string of the molecule is Cc1ccc(S(=O)(=O)O)nc1.Cl. The highest BCUT2D eigenvalue weighted by Crippen LogP contribution is 2.04. The Morgan fingerprint density at radius 1 is 1.42 bits per heavy atom. The molecule has 1 aromatic rings. The number of aryl methyl sites for hydroxylation is 1. The van der Waals surface area contributed by atoms with Crippen LogP contribution in [0.1, 0.15) is 5.56 Å². The van der Waals surface area contributed by atoms with Gasteiger partial charge in [-0.2, -0.15) is 8.42 Å². The lowest BCUT2D eigenvalue weighted by Crippen LogP contribution is -2.00. The minimum Gasteiger partial charge on any atom is -0.281 e. The van der Waals surface area contributed by atoms with Gasteiger partial charge in [-0.15, -0.1) is 12.4 Å². The van der Waals surface area contributed by atoms with Gasteiger partial charge in [0.25, 0.3) is 0 Å². The maximum atomic E-state index is 10.4. The zero-order valence-corrected chi connectivity index (χ0v) is 7.89. The first-order valence-corrected chi connectivity index (χ1v) is 4.34. The van der Waals surface area contributed by atoms with Gasteiger partial charge in [-0.05, 0) is 18.6 Å². The second kappa shape index (κ2) is 3.84. The Labute approximate surface area is 76.8 Å². The lowest BCUT2D eigenvalue weighted by molar-refractivity contribution is 0.479. The molecule has 0 aliphatic heterocycles. The van der Waals surface area contributed by atoms with Crippen LogP contribution >= 0.6 is 12.4 Å². The van der Waals surface area contributed by atoms with E-state index in [-0.39, 0.29) is 17.4 Å². The molecular weight excluding hydrogens is 202 g/mol. The van der Waals surface area contributed by atoms with Crippen LogP contribution in [0, 0.1) is 6.92 Å². The molecule has 0 bridgehead atoms. The summed E-state index contributed by atoms with van der Waals surface area (Å²) in [6, 6.07) is 2.82. The molecule has 1 N–H and O–H groups in total. The topological polar surface area (TPSA) is 67.3 Å². The largest absolute Gasteiger partial charge is 0.312 e. The van der Waals surface area contributed by atoms with E-state index in [9.17, 15) is 8.42 Å². The van der Waals surface area contributed by atoms with Crippen LogP contribution in [-0.4, -0.2) is 18.0 Å². The second-order valence-corrected chi connectivity index (χ2v) is 3.52. The number of pyridine rings is 1. The van der Waals surface area contributed by atoms with Gasteiger partial charge in [0.15, 0.2) is 5.03 Å². The van der Waals surface area contributed by atoms with Gasteiger partial charge in [-0.1, -0.05) is 6.07 Å². The summed E-state index contributed by atoms with van der Waals surface area (Å²) in [5, 5.41) is -0.317. The third-order valence-electron chi connectivity index (χ3n) is 1.15. The second-order valence-electron chi connectivity index (χ2n) is 2.15. The fraction of sp³-hybridized carbons (Fsp3) is 0.167. The molecule has 0 aliphatic carbocycles. The Kier molecular flexibility index (Phi) is 3.63. The fourth-order valence-electron chi connectivity index (χ4n) is 0.607. The molecule has 0 atom stereocenters. The first kappa shape index (κ1) is 11.4. The minimum absolute atomic E-state index is 0. The molecule has 0 saturated heterocycles. The Bertz CT molecular complexity index is 346. The first-order valence-electron chi connectivity index (χ1n) is 2.90. The van der Waals surface area contributed by atoms with E-state index in [0.29, 0.717) is 0 Å². The monoisotopic (exact) mass is 209 g/mol. The summed E-state index contributed by atoms with van der Waals surface area (Å²) in [5.74, 6) is 0. The van der Waals surface area contributed by atoms with Crippen LogP contribution in [0.4, 0.5) is 0 Å². The van der Waals surface area contributed by atoms with E-state index in [1.165, 1.54) is 12.3 Å². The molecule has 0 saturated carbocycles. The van der Waals surface area contributed by atoms with E-state index in [4.69, 9.17) is 4.55 Å². The number of rotatable bonds is 1. The van der Waals surface area contributed by atoms with Crippen molar-refractivity contribution in [1.82, 2.24) is 4.98 Å². The molecule has 1 rings (SSSR count). The number of hydrogen-bond donors (Lipinski definition) is 1. The van der Waals surface area contributed by atoms with Gasteiger partial charge < -0.3 is 0 Å². The first-order chi connectivity index (χ1) is 5.00. The van der Waals surface area contributed by atoms with Gasteiger partial charge in [0.05, 0.1) is 0 Å². The Hall–Kier alpha value is -0.650. The van der Waals surface area contributed by atoms with Crippen molar-refractivity contribution in [3.05, 3.63) is 23.9 Å². The maximum Gasteiger partial charge on any atom is 0.312 e. The van der Waals surface area contributed by atoms with Gasteiger partial charge in [0, 0.05) is 6.20 Å². The van der Waals surface area contributed by atoms with Crippen LogP contribution in [0.3, 0.4) is 0 Å². The van der Waals surface area contributed by atoms with Crippen molar-refractivity contribution in [1.29, 1.82) is 0 Å². The molecule has 0 fully saturated rings. The van der Waals surface area contributed by atoms with Crippen LogP contribution in [0.2, 0.25) is 0 Å². The van der Waals surface area contributed by atoms with Gasteiger partial charge in [-0.25, -0.2) is 4.98 Å². The van der Waals surface area contributed by atoms with Gasteiger partial charge in [0.1, 0.15) is 0 Å². The van der Waals surface area contributed by atoms with Gasteiger partial charge in [-0.3, -0.25) is 4.55 Å². The van der Waals surface area contributed by atoms with E-state index in [0.717, 1.165) is 5.56 Å². The van der Waals surface area contributed by atoms with E-state index in [2.05, 4.69) is 4.98 Å². The van der Waals surface area contributed by atoms with Gasteiger partial charge >= 0.3 is 10.1 Å². The lowest BCUT2D eigenvalue weighted by atomic mass is 10.3. The molecule has 1 aromatic heterocycles. The normalized spacial score (nSPS) is 10.5. The predicted octanol–water partition coefficient (Wildman–Crippen LogP) is 1.06. The van der Waals surface area contributed by atoms with Crippen LogP contribution in [-0.2, 0) is 10.1 Å². The summed E-state index contributed by atoms with van der Waals surface area (Å²) in [7, 11) is -4.13. The molecular formula is C6H8ClNO3S. The Morgan fingerprint density at radius 3 is 2.33 bits per heavy atom. The molecule has 4 nitrogen and oxygen atoms in total. The Morgan fingerprint density at radius 2 is 2.00 bits per heavy atom.